The maximum absolute atomic E-state index is 5.94. The van der Waals surface area contributed by atoms with Crippen LogP contribution in [0.3, 0.4) is 0 Å². The van der Waals surface area contributed by atoms with E-state index in [1.54, 1.807) is 0 Å². The molecule has 0 aromatic heterocycles. The zero-order chi connectivity index (χ0) is 13.9. The molecule has 0 fully saturated rings. The van der Waals surface area contributed by atoms with Gasteiger partial charge in [-0.05, 0) is 24.6 Å². The monoisotopic (exact) mass is 329 g/mol. The van der Waals surface area contributed by atoms with Crippen molar-refractivity contribution in [1.82, 2.24) is 5.32 Å². The number of hydrogen-bond donors (Lipinski definition) is 1. The molecule has 0 radical (unpaired) electrons. The topological polar surface area (TPSA) is 30.5 Å². The van der Waals surface area contributed by atoms with Crippen LogP contribution in [0.15, 0.2) is 28.7 Å². The van der Waals surface area contributed by atoms with Gasteiger partial charge >= 0.3 is 0 Å². The quantitative estimate of drug-likeness (QED) is 0.666. The lowest BCUT2D eigenvalue weighted by molar-refractivity contribution is 0.00418. The lowest BCUT2D eigenvalue weighted by atomic mass is 10.1. The summed E-state index contributed by atoms with van der Waals surface area (Å²) in [5.41, 5.74) is 1.18. The molecule has 4 heteroatoms. The molecule has 1 rings (SSSR count). The average Bonchev–Trinajstić information content (AvgIpc) is 2.43. The van der Waals surface area contributed by atoms with Crippen LogP contribution in [0.1, 0.15) is 31.9 Å². The van der Waals surface area contributed by atoms with Crippen LogP contribution in [0.5, 0.6) is 0 Å². The molecule has 1 N–H and O–H groups in total. The Labute approximate surface area is 124 Å². The SMILES string of the molecule is CCCOCCOC(CNCC)c1ccccc1Br. The molecule has 0 aliphatic rings. The summed E-state index contributed by atoms with van der Waals surface area (Å²) in [4.78, 5) is 0. The van der Waals surface area contributed by atoms with E-state index in [4.69, 9.17) is 9.47 Å². The molecule has 0 amide bonds. The molecule has 0 heterocycles. The van der Waals surface area contributed by atoms with Crippen molar-refractivity contribution in [3.63, 3.8) is 0 Å². The summed E-state index contributed by atoms with van der Waals surface area (Å²) in [6.45, 7) is 8.04. The van der Waals surface area contributed by atoms with Crippen molar-refractivity contribution < 1.29 is 9.47 Å². The van der Waals surface area contributed by atoms with Crippen molar-refractivity contribution in [3.8, 4) is 0 Å². The Hall–Kier alpha value is -0.420. The van der Waals surface area contributed by atoms with Crippen LogP contribution in [0, 0.1) is 0 Å². The summed E-state index contributed by atoms with van der Waals surface area (Å²) in [7, 11) is 0. The van der Waals surface area contributed by atoms with E-state index in [1.807, 2.05) is 18.2 Å². The number of likely N-dealkylation sites (N-methyl/N-ethyl adjacent to an activating group) is 1. The van der Waals surface area contributed by atoms with Crippen LogP contribution in [0.25, 0.3) is 0 Å². The molecule has 0 aliphatic carbocycles. The maximum Gasteiger partial charge on any atom is 0.0961 e. The molecule has 0 aliphatic heterocycles. The molecule has 1 atom stereocenters. The van der Waals surface area contributed by atoms with Gasteiger partial charge in [-0.3, -0.25) is 0 Å². The van der Waals surface area contributed by atoms with Crippen LogP contribution in [-0.4, -0.2) is 32.9 Å². The minimum absolute atomic E-state index is 0.0563. The van der Waals surface area contributed by atoms with Crippen molar-refractivity contribution in [1.29, 1.82) is 0 Å². The Morgan fingerprint density at radius 2 is 1.95 bits per heavy atom. The standard InChI is InChI=1S/C15H24BrNO2/c1-3-9-18-10-11-19-15(12-17-4-2)13-7-5-6-8-14(13)16/h5-8,15,17H,3-4,9-12H2,1-2H3. The summed E-state index contributed by atoms with van der Waals surface area (Å²) >= 11 is 3.58. The van der Waals surface area contributed by atoms with E-state index < -0.39 is 0 Å². The lowest BCUT2D eigenvalue weighted by Gasteiger charge is -2.20. The van der Waals surface area contributed by atoms with Gasteiger partial charge in [0.25, 0.3) is 0 Å². The third-order valence-electron chi connectivity index (χ3n) is 2.73. The lowest BCUT2D eigenvalue weighted by Crippen LogP contribution is -2.24. The number of nitrogens with one attached hydrogen (secondary N) is 1. The van der Waals surface area contributed by atoms with E-state index in [-0.39, 0.29) is 6.10 Å². The van der Waals surface area contributed by atoms with Crippen molar-refractivity contribution in [2.24, 2.45) is 0 Å². The van der Waals surface area contributed by atoms with Crippen molar-refractivity contribution >= 4 is 15.9 Å². The molecule has 1 aromatic rings. The second kappa shape index (κ2) is 10.4. The van der Waals surface area contributed by atoms with Gasteiger partial charge in [0.2, 0.25) is 0 Å². The van der Waals surface area contributed by atoms with Gasteiger partial charge in [-0.1, -0.05) is 48.0 Å². The first-order valence-corrected chi connectivity index (χ1v) is 7.73. The van der Waals surface area contributed by atoms with Gasteiger partial charge in [-0.2, -0.15) is 0 Å². The van der Waals surface area contributed by atoms with Crippen LogP contribution in [0.2, 0.25) is 0 Å². The Morgan fingerprint density at radius 1 is 1.16 bits per heavy atom. The van der Waals surface area contributed by atoms with Gasteiger partial charge < -0.3 is 14.8 Å². The fraction of sp³-hybridized carbons (Fsp3) is 0.600. The Bertz CT molecular complexity index is 347. The van der Waals surface area contributed by atoms with Crippen LogP contribution in [0.4, 0.5) is 0 Å². The minimum Gasteiger partial charge on any atom is -0.379 e. The summed E-state index contributed by atoms with van der Waals surface area (Å²) in [6, 6.07) is 8.20. The Balaban J connectivity index is 2.49. The average molecular weight is 330 g/mol. The van der Waals surface area contributed by atoms with Gasteiger partial charge in [0, 0.05) is 17.6 Å². The van der Waals surface area contributed by atoms with Crippen LogP contribution in [-0.2, 0) is 9.47 Å². The minimum atomic E-state index is 0.0563. The van der Waals surface area contributed by atoms with Gasteiger partial charge in [0.1, 0.15) is 0 Å². The molecule has 108 valence electrons. The fourth-order valence-corrected chi connectivity index (χ4v) is 2.31. The highest BCUT2D eigenvalue weighted by molar-refractivity contribution is 9.10. The van der Waals surface area contributed by atoms with Gasteiger partial charge in [-0.15, -0.1) is 0 Å². The summed E-state index contributed by atoms with van der Waals surface area (Å²) < 4.78 is 12.5. The fourth-order valence-electron chi connectivity index (χ4n) is 1.77. The van der Waals surface area contributed by atoms with E-state index in [0.717, 1.165) is 30.6 Å². The first-order valence-electron chi connectivity index (χ1n) is 6.94. The smallest absolute Gasteiger partial charge is 0.0961 e. The third kappa shape index (κ3) is 6.52. The number of rotatable bonds is 10. The van der Waals surface area contributed by atoms with Crippen molar-refractivity contribution in [3.05, 3.63) is 34.3 Å². The highest BCUT2D eigenvalue weighted by atomic mass is 79.9. The zero-order valence-corrected chi connectivity index (χ0v) is 13.4. The highest BCUT2D eigenvalue weighted by Gasteiger charge is 2.14. The number of ether oxygens (including phenoxy) is 2. The van der Waals surface area contributed by atoms with E-state index in [2.05, 4.69) is 41.2 Å². The van der Waals surface area contributed by atoms with Gasteiger partial charge in [0.05, 0.1) is 19.3 Å². The van der Waals surface area contributed by atoms with Crippen molar-refractivity contribution in [2.75, 3.05) is 32.9 Å². The first-order chi connectivity index (χ1) is 9.29. The Kier molecular flexibility index (Phi) is 9.08. The number of halogens is 1. The van der Waals surface area contributed by atoms with Gasteiger partial charge in [-0.25, -0.2) is 0 Å². The molecular weight excluding hydrogens is 306 g/mol. The molecule has 3 nitrogen and oxygen atoms in total. The van der Waals surface area contributed by atoms with E-state index in [1.165, 1.54) is 5.56 Å². The Morgan fingerprint density at radius 3 is 2.63 bits per heavy atom. The van der Waals surface area contributed by atoms with Gasteiger partial charge in [0.15, 0.2) is 0 Å². The molecule has 0 bridgehead atoms. The summed E-state index contributed by atoms with van der Waals surface area (Å²) in [6.07, 6.45) is 1.10. The second-order valence-electron chi connectivity index (χ2n) is 4.30. The predicted octanol–water partition coefficient (Wildman–Crippen LogP) is 3.54. The molecule has 0 saturated heterocycles. The number of hydrogen-bond acceptors (Lipinski definition) is 3. The van der Waals surface area contributed by atoms with E-state index in [9.17, 15) is 0 Å². The largest absolute Gasteiger partial charge is 0.379 e. The zero-order valence-electron chi connectivity index (χ0n) is 11.8. The normalized spacial score (nSPS) is 12.6. The molecule has 1 unspecified atom stereocenters. The van der Waals surface area contributed by atoms with Crippen LogP contribution < -0.4 is 5.32 Å². The molecular formula is C15H24BrNO2. The predicted molar refractivity (Wildman–Crippen MR) is 82.5 cm³/mol. The molecule has 0 spiro atoms. The third-order valence-corrected chi connectivity index (χ3v) is 3.45. The van der Waals surface area contributed by atoms with Crippen LogP contribution >= 0.6 is 15.9 Å². The highest BCUT2D eigenvalue weighted by Crippen LogP contribution is 2.25. The van der Waals surface area contributed by atoms with Crippen molar-refractivity contribution in [2.45, 2.75) is 26.4 Å². The summed E-state index contributed by atoms with van der Waals surface area (Å²) in [5, 5.41) is 3.34. The van der Waals surface area contributed by atoms with E-state index in [0.29, 0.717) is 13.2 Å². The van der Waals surface area contributed by atoms with E-state index >= 15 is 0 Å². The molecule has 0 saturated carbocycles. The molecule has 19 heavy (non-hydrogen) atoms. The maximum atomic E-state index is 5.94. The number of benzene rings is 1. The second-order valence-corrected chi connectivity index (χ2v) is 5.16. The molecule has 1 aromatic carbocycles. The first kappa shape index (κ1) is 16.6. The summed E-state index contributed by atoms with van der Waals surface area (Å²) in [5.74, 6) is 0.